The molecule has 2 aromatic rings. The lowest BCUT2D eigenvalue weighted by Crippen LogP contribution is -2.45. The number of hydrogen-bond acceptors (Lipinski definition) is 5. The maximum Gasteiger partial charge on any atom is 0.305 e. The van der Waals surface area contributed by atoms with Gasteiger partial charge in [-0.05, 0) is 36.2 Å². The van der Waals surface area contributed by atoms with Crippen LogP contribution in [0.15, 0.2) is 46.9 Å². The molecule has 0 fully saturated rings. The number of halogens is 1. The zero-order valence-corrected chi connectivity index (χ0v) is 17.5. The van der Waals surface area contributed by atoms with Crippen LogP contribution in [0.3, 0.4) is 0 Å². The van der Waals surface area contributed by atoms with Gasteiger partial charge in [0.05, 0.1) is 13.7 Å². The highest BCUT2D eigenvalue weighted by atomic mass is 79.9. The van der Waals surface area contributed by atoms with Crippen molar-refractivity contribution >= 4 is 33.7 Å². The fourth-order valence-electron chi connectivity index (χ4n) is 3.26. The molecule has 0 saturated carbocycles. The van der Waals surface area contributed by atoms with E-state index < -0.39 is 17.9 Å². The molecule has 0 aromatic heterocycles. The summed E-state index contributed by atoms with van der Waals surface area (Å²) in [5, 5.41) is 0. The highest BCUT2D eigenvalue weighted by molar-refractivity contribution is 9.10. The second-order valence-corrected chi connectivity index (χ2v) is 7.58. The first-order chi connectivity index (χ1) is 13.9. The Morgan fingerprint density at radius 2 is 1.93 bits per heavy atom. The number of ether oxygens (including phenoxy) is 2. The molecule has 0 radical (unpaired) electrons. The highest BCUT2D eigenvalue weighted by Gasteiger charge is 2.37. The Labute approximate surface area is 176 Å². The molecule has 8 heteroatoms. The normalized spacial score (nSPS) is 13.7. The third-order valence-electron chi connectivity index (χ3n) is 4.81. The SMILES string of the molecule is COC(=O)CCC(C(N)=O)N1Cc2c(OCc3ccc(Br)cc3)cccc2C1=O. The van der Waals surface area contributed by atoms with Crippen molar-refractivity contribution in [2.75, 3.05) is 7.11 Å². The maximum atomic E-state index is 12.9. The number of carbonyl (C=O) groups is 3. The Morgan fingerprint density at radius 1 is 1.21 bits per heavy atom. The number of nitrogens with two attached hydrogens (primary N) is 1. The molecule has 0 spiro atoms. The average Bonchev–Trinajstić information content (AvgIpc) is 3.04. The fraction of sp³-hybridized carbons (Fsp3) is 0.286. The van der Waals surface area contributed by atoms with E-state index in [1.165, 1.54) is 12.0 Å². The van der Waals surface area contributed by atoms with Crippen LogP contribution in [-0.2, 0) is 27.5 Å². The van der Waals surface area contributed by atoms with Gasteiger partial charge in [-0.2, -0.15) is 0 Å². The Balaban J connectivity index is 1.76. The number of rotatable bonds is 8. The standard InChI is InChI=1S/C21H21BrN2O5/c1-28-19(25)10-9-17(20(23)26)24-11-16-15(21(24)27)3-2-4-18(16)29-12-13-5-7-14(22)8-6-13/h2-8,17H,9-12H2,1H3,(H2,23,26). The summed E-state index contributed by atoms with van der Waals surface area (Å²) in [4.78, 5) is 37.6. The number of benzene rings is 2. The Hall–Kier alpha value is -2.87. The molecule has 152 valence electrons. The van der Waals surface area contributed by atoms with Gasteiger partial charge < -0.3 is 20.1 Å². The second-order valence-electron chi connectivity index (χ2n) is 6.66. The van der Waals surface area contributed by atoms with E-state index in [0.29, 0.717) is 23.5 Å². The molecule has 1 aliphatic rings. The van der Waals surface area contributed by atoms with Crippen molar-refractivity contribution in [3.63, 3.8) is 0 Å². The van der Waals surface area contributed by atoms with Crippen LogP contribution >= 0.6 is 15.9 Å². The van der Waals surface area contributed by atoms with Crippen molar-refractivity contribution < 1.29 is 23.9 Å². The van der Waals surface area contributed by atoms with Gasteiger partial charge in [-0.1, -0.05) is 34.1 Å². The summed E-state index contributed by atoms with van der Waals surface area (Å²) in [6.45, 7) is 0.541. The zero-order valence-electron chi connectivity index (χ0n) is 15.9. The van der Waals surface area contributed by atoms with E-state index in [4.69, 9.17) is 10.5 Å². The molecule has 2 amide bonds. The van der Waals surface area contributed by atoms with Gasteiger partial charge in [0.15, 0.2) is 0 Å². The van der Waals surface area contributed by atoms with Crippen molar-refractivity contribution in [2.24, 2.45) is 5.73 Å². The molecule has 0 bridgehead atoms. The first kappa shape index (κ1) is 20.9. The molecule has 1 aliphatic heterocycles. The summed E-state index contributed by atoms with van der Waals surface area (Å²) in [5.74, 6) is -0.841. The van der Waals surface area contributed by atoms with Crippen molar-refractivity contribution in [3.05, 3.63) is 63.6 Å². The van der Waals surface area contributed by atoms with E-state index in [1.807, 2.05) is 24.3 Å². The molecule has 2 aromatic carbocycles. The van der Waals surface area contributed by atoms with Gasteiger partial charge in [0.2, 0.25) is 5.91 Å². The van der Waals surface area contributed by atoms with Crippen LogP contribution in [0.1, 0.15) is 34.3 Å². The van der Waals surface area contributed by atoms with E-state index in [1.54, 1.807) is 18.2 Å². The number of hydrogen-bond donors (Lipinski definition) is 1. The number of methoxy groups -OCH3 is 1. The largest absolute Gasteiger partial charge is 0.489 e. The topological polar surface area (TPSA) is 98.9 Å². The molecule has 7 nitrogen and oxygen atoms in total. The lowest BCUT2D eigenvalue weighted by molar-refractivity contribution is -0.141. The second kappa shape index (κ2) is 9.09. The third kappa shape index (κ3) is 4.76. The zero-order chi connectivity index (χ0) is 21.0. The van der Waals surface area contributed by atoms with Crippen LogP contribution in [0.25, 0.3) is 0 Å². The van der Waals surface area contributed by atoms with Crippen LogP contribution in [0.5, 0.6) is 5.75 Å². The minimum absolute atomic E-state index is 0.00282. The first-order valence-corrected chi connectivity index (χ1v) is 9.86. The number of amides is 2. The van der Waals surface area contributed by atoms with Gasteiger partial charge >= 0.3 is 5.97 Å². The Bertz CT molecular complexity index is 929. The molecule has 1 heterocycles. The number of esters is 1. The van der Waals surface area contributed by atoms with Crippen LogP contribution in [-0.4, -0.2) is 35.8 Å². The van der Waals surface area contributed by atoms with Gasteiger partial charge in [-0.25, -0.2) is 0 Å². The van der Waals surface area contributed by atoms with E-state index >= 15 is 0 Å². The summed E-state index contributed by atoms with van der Waals surface area (Å²) in [6.07, 6.45) is 0.105. The Kier molecular flexibility index (Phi) is 6.53. The van der Waals surface area contributed by atoms with Gasteiger partial charge in [0.25, 0.3) is 5.91 Å². The summed E-state index contributed by atoms with van der Waals surface area (Å²) in [6, 6.07) is 12.1. The van der Waals surface area contributed by atoms with Crippen molar-refractivity contribution in [1.29, 1.82) is 0 Å². The third-order valence-corrected chi connectivity index (χ3v) is 5.34. The number of fused-ring (bicyclic) bond motifs is 1. The Morgan fingerprint density at radius 3 is 2.59 bits per heavy atom. The maximum absolute atomic E-state index is 12.9. The van der Waals surface area contributed by atoms with Crippen LogP contribution in [0.4, 0.5) is 0 Å². The van der Waals surface area contributed by atoms with Crippen LogP contribution < -0.4 is 10.5 Å². The monoisotopic (exact) mass is 460 g/mol. The minimum Gasteiger partial charge on any atom is -0.489 e. The van der Waals surface area contributed by atoms with Gasteiger partial charge in [-0.15, -0.1) is 0 Å². The van der Waals surface area contributed by atoms with Crippen molar-refractivity contribution in [2.45, 2.75) is 32.0 Å². The fourth-order valence-corrected chi connectivity index (χ4v) is 3.53. The molecule has 1 atom stereocenters. The molecule has 2 N–H and O–H groups in total. The predicted octanol–water partition coefficient (Wildman–Crippen LogP) is 2.79. The number of primary amides is 1. The predicted molar refractivity (Wildman–Crippen MR) is 109 cm³/mol. The van der Waals surface area contributed by atoms with E-state index in [0.717, 1.165) is 10.0 Å². The van der Waals surface area contributed by atoms with Crippen molar-refractivity contribution in [3.8, 4) is 5.75 Å². The lowest BCUT2D eigenvalue weighted by Gasteiger charge is -2.24. The molecule has 0 saturated heterocycles. The molecule has 3 rings (SSSR count). The van der Waals surface area contributed by atoms with Crippen LogP contribution in [0.2, 0.25) is 0 Å². The molecule has 0 aliphatic carbocycles. The van der Waals surface area contributed by atoms with Gasteiger partial charge in [-0.3, -0.25) is 14.4 Å². The molecule has 1 unspecified atom stereocenters. The molecular weight excluding hydrogens is 440 g/mol. The lowest BCUT2D eigenvalue weighted by atomic mass is 10.1. The summed E-state index contributed by atoms with van der Waals surface area (Å²) >= 11 is 3.40. The van der Waals surface area contributed by atoms with E-state index in [2.05, 4.69) is 20.7 Å². The molecular formula is C21H21BrN2O5. The number of carbonyl (C=O) groups excluding carboxylic acids is 3. The van der Waals surface area contributed by atoms with E-state index in [-0.39, 0.29) is 25.3 Å². The van der Waals surface area contributed by atoms with Gasteiger partial charge in [0.1, 0.15) is 18.4 Å². The first-order valence-electron chi connectivity index (χ1n) is 9.07. The van der Waals surface area contributed by atoms with Crippen molar-refractivity contribution in [1.82, 2.24) is 4.90 Å². The van der Waals surface area contributed by atoms with E-state index in [9.17, 15) is 14.4 Å². The van der Waals surface area contributed by atoms with Gasteiger partial charge in [0, 0.05) is 22.0 Å². The highest BCUT2D eigenvalue weighted by Crippen LogP contribution is 2.33. The average molecular weight is 461 g/mol. The summed E-state index contributed by atoms with van der Waals surface area (Å²) < 4.78 is 11.5. The molecule has 29 heavy (non-hydrogen) atoms. The summed E-state index contributed by atoms with van der Waals surface area (Å²) in [7, 11) is 1.27. The van der Waals surface area contributed by atoms with Crippen LogP contribution in [0, 0.1) is 0 Å². The minimum atomic E-state index is -0.895. The summed E-state index contributed by atoms with van der Waals surface area (Å²) in [5.41, 5.74) is 7.67. The quantitative estimate of drug-likeness (QED) is 0.610. The number of nitrogens with zero attached hydrogens (tertiary/aromatic N) is 1. The smallest absolute Gasteiger partial charge is 0.305 e.